The summed E-state index contributed by atoms with van der Waals surface area (Å²) in [5.41, 5.74) is -1.58. The van der Waals surface area contributed by atoms with Crippen molar-refractivity contribution in [3.63, 3.8) is 0 Å². The van der Waals surface area contributed by atoms with E-state index in [-0.39, 0.29) is 0 Å². The maximum Gasteiger partial charge on any atom is 0.418 e. The van der Waals surface area contributed by atoms with Crippen molar-refractivity contribution < 1.29 is 22.8 Å². The SMILES string of the molecule is N#CCNC(=O)C(=O)Nc1ccccc1C(F)(F)F. The molecule has 0 saturated carbocycles. The standard InChI is InChI=1S/C11H8F3N3O2/c12-11(13,14)7-3-1-2-4-8(7)17-10(19)9(18)16-6-5-15/h1-4H,6H2,(H,16,18)(H,17,19). The van der Waals surface area contributed by atoms with E-state index in [0.29, 0.717) is 0 Å². The van der Waals surface area contributed by atoms with Crippen LogP contribution < -0.4 is 10.6 Å². The van der Waals surface area contributed by atoms with E-state index in [2.05, 4.69) is 0 Å². The zero-order chi connectivity index (χ0) is 14.5. The van der Waals surface area contributed by atoms with Gasteiger partial charge in [-0.05, 0) is 12.1 Å². The number of hydrogen-bond acceptors (Lipinski definition) is 3. The van der Waals surface area contributed by atoms with Crippen molar-refractivity contribution >= 4 is 17.5 Å². The van der Waals surface area contributed by atoms with Gasteiger partial charge in [0.25, 0.3) is 0 Å². The molecule has 0 aromatic heterocycles. The van der Waals surface area contributed by atoms with Crippen LogP contribution in [0.15, 0.2) is 24.3 Å². The topological polar surface area (TPSA) is 82.0 Å². The van der Waals surface area contributed by atoms with E-state index in [4.69, 9.17) is 5.26 Å². The highest BCUT2D eigenvalue weighted by Gasteiger charge is 2.33. The van der Waals surface area contributed by atoms with Gasteiger partial charge in [-0.2, -0.15) is 18.4 Å². The zero-order valence-corrected chi connectivity index (χ0v) is 9.41. The van der Waals surface area contributed by atoms with Crippen LogP contribution in [0.25, 0.3) is 0 Å². The Morgan fingerprint density at radius 2 is 1.84 bits per heavy atom. The van der Waals surface area contributed by atoms with Gasteiger partial charge in [-0.3, -0.25) is 9.59 Å². The van der Waals surface area contributed by atoms with Crippen molar-refractivity contribution in [2.24, 2.45) is 0 Å². The lowest BCUT2D eigenvalue weighted by Gasteiger charge is -2.12. The zero-order valence-electron chi connectivity index (χ0n) is 9.41. The van der Waals surface area contributed by atoms with Crippen LogP contribution in [0.1, 0.15) is 5.56 Å². The first-order valence-electron chi connectivity index (χ1n) is 4.98. The normalized spacial score (nSPS) is 10.4. The number of carbonyl (C=O) groups is 2. The van der Waals surface area contributed by atoms with Crippen LogP contribution in [-0.4, -0.2) is 18.4 Å². The van der Waals surface area contributed by atoms with Gasteiger partial charge in [0.1, 0.15) is 6.54 Å². The number of carbonyl (C=O) groups excluding carboxylic acids is 2. The van der Waals surface area contributed by atoms with Gasteiger partial charge in [0, 0.05) is 0 Å². The predicted molar refractivity (Wildman–Crippen MR) is 58.7 cm³/mol. The first kappa shape index (κ1) is 14.5. The molecule has 0 spiro atoms. The Morgan fingerprint density at radius 1 is 1.21 bits per heavy atom. The van der Waals surface area contributed by atoms with Crippen LogP contribution in [0.4, 0.5) is 18.9 Å². The number of alkyl halides is 3. The smallest absolute Gasteiger partial charge is 0.335 e. The minimum atomic E-state index is -4.65. The van der Waals surface area contributed by atoms with E-state index < -0.39 is 35.8 Å². The second-order valence-electron chi connectivity index (χ2n) is 3.34. The Labute approximate surface area is 106 Å². The number of para-hydroxylation sites is 1. The summed E-state index contributed by atoms with van der Waals surface area (Å²) in [7, 11) is 0. The summed E-state index contributed by atoms with van der Waals surface area (Å²) in [6, 6.07) is 5.82. The highest BCUT2D eigenvalue weighted by molar-refractivity contribution is 6.39. The van der Waals surface area contributed by atoms with Crippen LogP contribution in [0, 0.1) is 11.3 Å². The van der Waals surface area contributed by atoms with Gasteiger partial charge in [0.2, 0.25) is 0 Å². The Morgan fingerprint density at radius 3 is 2.42 bits per heavy atom. The summed E-state index contributed by atoms with van der Waals surface area (Å²) in [5, 5.41) is 12.0. The van der Waals surface area contributed by atoms with E-state index in [0.717, 1.165) is 18.2 Å². The van der Waals surface area contributed by atoms with Crippen molar-refractivity contribution in [2.75, 3.05) is 11.9 Å². The molecule has 2 amide bonds. The summed E-state index contributed by atoms with van der Waals surface area (Å²) in [5.74, 6) is -2.45. The van der Waals surface area contributed by atoms with Gasteiger partial charge in [0.05, 0.1) is 17.3 Å². The third kappa shape index (κ3) is 3.99. The maximum absolute atomic E-state index is 12.6. The van der Waals surface area contributed by atoms with E-state index in [1.165, 1.54) is 6.07 Å². The fourth-order valence-electron chi connectivity index (χ4n) is 1.22. The van der Waals surface area contributed by atoms with Gasteiger partial charge >= 0.3 is 18.0 Å². The lowest BCUT2D eigenvalue weighted by molar-refractivity contribution is -0.138. The number of benzene rings is 1. The molecule has 0 radical (unpaired) electrons. The second kappa shape index (κ2) is 5.86. The van der Waals surface area contributed by atoms with Gasteiger partial charge in [-0.25, -0.2) is 0 Å². The van der Waals surface area contributed by atoms with E-state index in [1.54, 1.807) is 6.07 Å². The first-order valence-corrected chi connectivity index (χ1v) is 4.98. The number of amides is 2. The number of anilines is 1. The van der Waals surface area contributed by atoms with Crippen molar-refractivity contribution in [3.05, 3.63) is 29.8 Å². The Bertz CT molecular complexity index is 535. The molecule has 0 heterocycles. The molecule has 0 atom stereocenters. The van der Waals surface area contributed by atoms with Crippen molar-refractivity contribution in [1.29, 1.82) is 5.26 Å². The molecule has 0 aliphatic rings. The number of halogens is 3. The average molecular weight is 271 g/mol. The summed E-state index contributed by atoms with van der Waals surface area (Å²) in [6.45, 7) is -0.410. The molecule has 1 aromatic carbocycles. The molecule has 1 aromatic rings. The van der Waals surface area contributed by atoms with Crippen LogP contribution in [0.5, 0.6) is 0 Å². The molecule has 8 heteroatoms. The van der Waals surface area contributed by atoms with E-state index in [1.807, 2.05) is 10.6 Å². The molecule has 0 saturated heterocycles. The summed E-state index contributed by atoms with van der Waals surface area (Å²) in [4.78, 5) is 22.4. The molecular formula is C11H8F3N3O2. The third-order valence-electron chi connectivity index (χ3n) is 2.01. The largest absolute Gasteiger partial charge is 0.418 e. The monoisotopic (exact) mass is 271 g/mol. The molecule has 0 bridgehead atoms. The molecule has 2 N–H and O–H groups in total. The molecule has 0 aliphatic carbocycles. The van der Waals surface area contributed by atoms with Crippen LogP contribution in [0.2, 0.25) is 0 Å². The Hall–Kier alpha value is -2.56. The van der Waals surface area contributed by atoms with E-state index >= 15 is 0 Å². The van der Waals surface area contributed by atoms with Crippen molar-refractivity contribution in [1.82, 2.24) is 5.32 Å². The van der Waals surface area contributed by atoms with Gasteiger partial charge in [0.15, 0.2) is 0 Å². The molecule has 0 unspecified atom stereocenters. The van der Waals surface area contributed by atoms with Crippen molar-refractivity contribution in [2.45, 2.75) is 6.18 Å². The number of nitriles is 1. The van der Waals surface area contributed by atoms with E-state index in [9.17, 15) is 22.8 Å². The highest BCUT2D eigenvalue weighted by atomic mass is 19.4. The minimum absolute atomic E-state index is 0.410. The molecular weight excluding hydrogens is 263 g/mol. The molecule has 19 heavy (non-hydrogen) atoms. The summed E-state index contributed by atoms with van der Waals surface area (Å²) in [6.07, 6.45) is -4.65. The third-order valence-corrected chi connectivity index (χ3v) is 2.01. The quantitative estimate of drug-likeness (QED) is 0.628. The van der Waals surface area contributed by atoms with Gasteiger partial charge in [-0.15, -0.1) is 0 Å². The molecule has 0 fully saturated rings. The Kier molecular flexibility index (Phi) is 4.47. The molecule has 1 rings (SSSR count). The molecule has 5 nitrogen and oxygen atoms in total. The minimum Gasteiger partial charge on any atom is -0.335 e. The number of nitrogens with one attached hydrogen (secondary N) is 2. The van der Waals surface area contributed by atoms with Crippen LogP contribution in [0.3, 0.4) is 0 Å². The Balaban J connectivity index is 2.86. The van der Waals surface area contributed by atoms with Gasteiger partial charge in [-0.1, -0.05) is 12.1 Å². The number of nitrogens with zero attached hydrogens (tertiary/aromatic N) is 1. The first-order chi connectivity index (χ1) is 8.86. The lowest BCUT2D eigenvalue weighted by Crippen LogP contribution is -2.35. The van der Waals surface area contributed by atoms with Crippen molar-refractivity contribution in [3.8, 4) is 6.07 Å². The summed E-state index contributed by atoms with van der Waals surface area (Å²) < 4.78 is 37.8. The van der Waals surface area contributed by atoms with Crippen LogP contribution >= 0.6 is 0 Å². The molecule has 100 valence electrons. The molecule has 0 aliphatic heterocycles. The second-order valence-corrected chi connectivity index (χ2v) is 3.34. The maximum atomic E-state index is 12.6. The fraction of sp³-hybridized carbons (Fsp3) is 0.182. The number of rotatable bonds is 2. The average Bonchev–Trinajstić information content (AvgIpc) is 2.35. The van der Waals surface area contributed by atoms with Crippen LogP contribution in [-0.2, 0) is 15.8 Å². The van der Waals surface area contributed by atoms with Gasteiger partial charge < -0.3 is 10.6 Å². The summed E-state index contributed by atoms with van der Waals surface area (Å²) >= 11 is 0. The predicted octanol–water partition coefficient (Wildman–Crippen LogP) is 1.28. The highest BCUT2D eigenvalue weighted by Crippen LogP contribution is 2.34. The number of hydrogen-bond donors (Lipinski definition) is 2. The fourth-order valence-corrected chi connectivity index (χ4v) is 1.22. The lowest BCUT2D eigenvalue weighted by atomic mass is 10.1.